The van der Waals surface area contributed by atoms with Crippen LogP contribution in [0.3, 0.4) is 0 Å². The number of unbranched alkanes of at least 4 members (excludes halogenated alkanes) is 1. The largest absolute Gasteiger partial charge is 0.486 e. The molecule has 0 unspecified atom stereocenters. The predicted molar refractivity (Wildman–Crippen MR) is 75.1 cm³/mol. The van der Waals surface area contributed by atoms with Crippen LogP contribution in [0.5, 0.6) is 11.5 Å². The molecular weight excluding hydrogens is 242 g/mol. The van der Waals surface area contributed by atoms with Gasteiger partial charge >= 0.3 is 0 Å². The molecule has 0 saturated heterocycles. The van der Waals surface area contributed by atoms with Crippen molar-refractivity contribution in [1.82, 2.24) is 5.32 Å². The van der Waals surface area contributed by atoms with Gasteiger partial charge in [-0.3, -0.25) is 0 Å². The van der Waals surface area contributed by atoms with Crippen LogP contribution in [0.25, 0.3) is 0 Å². The van der Waals surface area contributed by atoms with Gasteiger partial charge in [-0.1, -0.05) is 6.07 Å². The van der Waals surface area contributed by atoms with Crippen molar-refractivity contribution in [2.75, 3.05) is 40.0 Å². The Bertz CT molecular complexity index is 382. The number of hydrogen-bond acceptors (Lipinski definition) is 4. The third-order valence-corrected chi connectivity index (χ3v) is 3.16. The van der Waals surface area contributed by atoms with Gasteiger partial charge in [-0.2, -0.15) is 0 Å². The summed E-state index contributed by atoms with van der Waals surface area (Å²) in [7, 11) is 1.73. The molecule has 1 heterocycles. The fourth-order valence-electron chi connectivity index (χ4n) is 2.12. The molecule has 19 heavy (non-hydrogen) atoms. The molecule has 0 amide bonds. The SMILES string of the molecule is COCCNCCCCc1ccc2c(c1)OCCO2. The molecule has 0 saturated carbocycles. The number of nitrogens with one attached hydrogen (secondary N) is 1. The molecule has 0 spiro atoms. The minimum absolute atomic E-state index is 0.652. The highest BCUT2D eigenvalue weighted by Crippen LogP contribution is 2.31. The number of rotatable bonds is 8. The van der Waals surface area contributed by atoms with Crippen LogP contribution in [0.15, 0.2) is 18.2 Å². The Kier molecular flexibility index (Phi) is 5.98. The van der Waals surface area contributed by atoms with Gasteiger partial charge in [-0.25, -0.2) is 0 Å². The van der Waals surface area contributed by atoms with E-state index in [9.17, 15) is 0 Å². The first-order chi connectivity index (χ1) is 9.40. The van der Waals surface area contributed by atoms with Crippen LogP contribution in [0, 0.1) is 0 Å². The number of benzene rings is 1. The van der Waals surface area contributed by atoms with Crippen molar-refractivity contribution in [3.05, 3.63) is 23.8 Å². The van der Waals surface area contributed by atoms with E-state index in [1.807, 2.05) is 6.07 Å². The Labute approximate surface area is 115 Å². The molecule has 0 bridgehead atoms. The number of hydrogen-bond donors (Lipinski definition) is 1. The molecule has 1 aromatic carbocycles. The van der Waals surface area contributed by atoms with Crippen LogP contribution in [-0.2, 0) is 11.2 Å². The van der Waals surface area contributed by atoms with Crippen molar-refractivity contribution in [3.63, 3.8) is 0 Å². The Morgan fingerprint density at radius 1 is 1.11 bits per heavy atom. The van der Waals surface area contributed by atoms with E-state index in [1.165, 1.54) is 18.4 Å². The number of ether oxygens (including phenoxy) is 3. The van der Waals surface area contributed by atoms with Gasteiger partial charge in [0.1, 0.15) is 13.2 Å². The molecule has 1 N–H and O–H groups in total. The second-order valence-corrected chi connectivity index (χ2v) is 4.68. The Morgan fingerprint density at radius 2 is 1.95 bits per heavy atom. The maximum Gasteiger partial charge on any atom is 0.161 e. The molecule has 2 rings (SSSR count). The van der Waals surface area contributed by atoms with Gasteiger partial charge in [-0.15, -0.1) is 0 Å². The topological polar surface area (TPSA) is 39.7 Å². The third kappa shape index (κ3) is 4.73. The maximum atomic E-state index is 5.58. The summed E-state index contributed by atoms with van der Waals surface area (Å²) in [5.74, 6) is 1.76. The van der Waals surface area contributed by atoms with Crippen LogP contribution in [0.2, 0.25) is 0 Å². The molecule has 0 aromatic heterocycles. The molecule has 4 heteroatoms. The molecule has 106 valence electrons. The molecule has 1 aromatic rings. The first-order valence-electron chi connectivity index (χ1n) is 6.98. The summed E-state index contributed by atoms with van der Waals surface area (Å²) in [4.78, 5) is 0. The normalized spacial score (nSPS) is 13.5. The number of aryl methyl sites for hydroxylation is 1. The summed E-state index contributed by atoms with van der Waals surface area (Å²) in [5, 5.41) is 3.35. The van der Waals surface area contributed by atoms with Gasteiger partial charge in [0.25, 0.3) is 0 Å². The average molecular weight is 265 g/mol. The highest BCUT2D eigenvalue weighted by Gasteiger charge is 2.11. The highest BCUT2D eigenvalue weighted by atomic mass is 16.6. The molecule has 0 aliphatic carbocycles. The van der Waals surface area contributed by atoms with Gasteiger partial charge in [0.05, 0.1) is 6.61 Å². The summed E-state index contributed by atoms with van der Waals surface area (Å²) in [6, 6.07) is 6.25. The van der Waals surface area contributed by atoms with E-state index in [1.54, 1.807) is 7.11 Å². The van der Waals surface area contributed by atoms with Crippen LogP contribution >= 0.6 is 0 Å². The minimum atomic E-state index is 0.652. The van der Waals surface area contributed by atoms with Crippen LogP contribution in [0.4, 0.5) is 0 Å². The summed E-state index contributed by atoms with van der Waals surface area (Å²) >= 11 is 0. The van der Waals surface area contributed by atoms with Crippen molar-refractivity contribution in [1.29, 1.82) is 0 Å². The van der Waals surface area contributed by atoms with E-state index in [0.717, 1.165) is 37.6 Å². The van der Waals surface area contributed by atoms with Gasteiger partial charge in [0, 0.05) is 13.7 Å². The van der Waals surface area contributed by atoms with Crippen molar-refractivity contribution >= 4 is 0 Å². The van der Waals surface area contributed by atoms with Gasteiger partial charge in [0.15, 0.2) is 11.5 Å². The lowest BCUT2D eigenvalue weighted by atomic mass is 10.1. The van der Waals surface area contributed by atoms with E-state index in [-0.39, 0.29) is 0 Å². The monoisotopic (exact) mass is 265 g/mol. The Morgan fingerprint density at radius 3 is 2.79 bits per heavy atom. The molecule has 1 aliphatic heterocycles. The lowest BCUT2D eigenvalue weighted by Crippen LogP contribution is -2.20. The third-order valence-electron chi connectivity index (χ3n) is 3.16. The number of methoxy groups -OCH3 is 1. The second-order valence-electron chi connectivity index (χ2n) is 4.68. The zero-order valence-electron chi connectivity index (χ0n) is 11.6. The average Bonchev–Trinajstić information content (AvgIpc) is 2.46. The fourth-order valence-corrected chi connectivity index (χ4v) is 2.12. The molecule has 4 nitrogen and oxygen atoms in total. The van der Waals surface area contributed by atoms with Crippen LogP contribution < -0.4 is 14.8 Å². The first kappa shape index (κ1) is 14.2. The lowest BCUT2D eigenvalue weighted by molar-refractivity contribution is 0.171. The van der Waals surface area contributed by atoms with E-state index < -0.39 is 0 Å². The van der Waals surface area contributed by atoms with Crippen molar-refractivity contribution in [2.45, 2.75) is 19.3 Å². The molecule has 0 radical (unpaired) electrons. The molecule has 0 atom stereocenters. The van der Waals surface area contributed by atoms with Crippen molar-refractivity contribution in [2.24, 2.45) is 0 Å². The summed E-state index contributed by atoms with van der Waals surface area (Å²) in [5.41, 5.74) is 1.32. The smallest absolute Gasteiger partial charge is 0.161 e. The summed E-state index contributed by atoms with van der Waals surface area (Å²) in [6.07, 6.45) is 3.44. The Balaban J connectivity index is 1.66. The van der Waals surface area contributed by atoms with Crippen LogP contribution in [0.1, 0.15) is 18.4 Å². The first-order valence-corrected chi connectivity index (χ1v) is 6.98. The second kappa shape index (κ2) is 8.02. The zero-order chi connectivity index (χ0) is 13.3. The van der Waals surface area contributed by atoms with Gasteiger partial charge < -0.3 is 19.5 Å². The summed E-state index contributed by atoms with van der Waals surface area (Å²) < 4.78 is 16.1. The van der Waals surface area contributed by atoms with Crippen molar-refractivity contribution in [3.8, 4) is 11.5 Å². The van der Waals surface area contributed by atoms with Gasteiger partial charge in [-0.05, 0) is 43.5 Å². The lowest BCUT2D eigenvalue weighted by Gasteiger charge is -2.18. The number of fused-ring (bicyclic) bond motifs is 1. The van der Waals surface area contributed by atoms with E-state index in [0.29, 0.717) is 13.2 Å². The predicted octanol–water partition coefficient (Wildman–Crippen LogP) is 2.02. The van der Waals surface area contributed by atoms with E-state index in [4.69, 9.17) is 14.2 Å². The molecule has 0 fully saturated rings. The quantitative estimate of drug-likeness (QED) is 0.730. The van der Waals surface area contributed by atoms with E-state index in [2.05, 4.69) is 17.4 Å². The fraction of sp³-hybridized carbons (Fsp3) is 0.600. The van der Waals surface area contributed by atoms with Crippen molar-refractivity contribution < 1.29 is 14.2 Å². The Hall–Kier alpha value is -1.26. The minimum Gasteiger partial charge on any atom is -0.486 e. The van der Waals surface area contributed by atoms with E-state index >= 15 is 0 Å². The standard InChI is InChI=1S/C15H23NO3/c1-17-9-8-16-7-3-2-4-13-5-6-14-15(12-13)19-11-10-18-14/h5-6,12,16H,2-4,7-11H2,1H3. The van der Waals surface area contributed by atoms with Gasteiger partial charge in [0.2, 0.25) is 0 Å². The highest BCUT2D eigenvalue weighted by molar-refractivity contribution is 5.43. The zero-order valence-corrected chi connectivity index (χ0v) is 11.6. The van der Waals surface area contributed by atoms with Crippen LogP contribution in [-0.4, -0.2) is 40.0 Å². The molecule has 1 aliphatic rings. The summed E-state index contributed by atoms with van der Waals surface area (Å²) in [6.45, 7) is 4.07. The maximum absolute atomic E-state index is 5.58. The molecular formula is C15H23NO3.